The van der Waals surface area contributed by atoms with E-state index in [1.807, 2.05) is 11.6 Å². The highest BCUT2D eigenvalue weighted by Gasteiger charge is 2.25. The van der Waals surface area contributed by atoms with Crippen molar-refractivity contribution in [3.05, 3.63) is 11.6 Å². The van der Waals surface area contributed by atoms with Crippen LogP contribution in [-0.4, -0.2) is 72.1 Å². The molecule has 1 saturated heterocycles. The number of guanidine groups is 1. The van der Waals surface area contributed by atoms with Gasteiger partial charge in [0.15, 0.2) is 5.96 Å². The van der Waals surface area contributed by atoms with Gasteiger partial charge < -0.3 is 20.3 Å². The molecule has 0 amide bonds. The number of hydrogen-bond acceptors (Lipinski definition) is 5. The predicted molar refractivity (Wildman–Crippen MR) is 107 cm³/mol. The number of methoxy groups -OCH3 is 1. The average Bonchev–Trinajstić information content (AvgIpc) is 3.07. The monoisotopic (exact) mass is 377 g/mol. The summed E-state index contributed by atoms with van der Waals surface area (Å²) in [4.78, 5) is 12.0. The van der Waals surface area contributed by atoms with Gasteiger partial charge in [-0.25, -0.2) is 9.67 Å². The first-order chi connectivity index (χ1) is 13.2. The molecule has 1 atom stereocenters. The molecule has 1 unspecified atom stereocenters. The van der Waals surface area contributed by atoms with E-state index in [2.05, 4.69) is 32.5 Å². The van der Waals surface area contributed by atoms with E-state index in [1.54, 1.807) is 7.11 Å². The molecule has 1 fully saturated rings. The lowest BCUT2D eigenvalue weighted by atomic mass is 9.97. The molecule has 0 aromatic carbocycles. The maximum absolute atomic E-state index is 5.18. The van der Waals surface area contributed by atoms with Crippen LogP contribution in [0.4, 0.5) is 0 Å². The maximum Gasteiger partial charge on any atom is 0.191 e. The SMILES string of the molecule is CCNC(=NCC1CCN(CCOC)CC1)NC1CCCn2nc(C)nc21. The highest BCUT2D eigenvalue weighted by Crippen LogP contribution is 2.23. The van der Waals surface area contributed by atoms with Crippen molar-refractivity contribution in [1.29, 1.82) is 0 Å². The fourth-order valence-electron chi connectivity index (χ4n) is 3.92. The van der Waals surface area contributed by atoms with Crippen LogP contribution in [0.1, 0.15) is 50.3 Å². The van der Waals surface area contributed by atoms with Crippen molar-refractivity contribution in [1.82, 2.24) is 30.3 Å². The number of aryl methyl sites for hydroxylation is 2. The van der Waals surface area contributed by atoms with Gasteiger partial charge in [-0.2, -0.15) is 5.10 Å². The molecule has 0 aliphatic carbocycles. The molecule has 8 nitrogen and oxygen atoms in total. The number of nitrogens with zero attached hydrogens (tertiary/aromatic N) is 5. The first-order valence-corrected chi connectivity index (χ1v) is 10.4. The van der Waals surface area contributed by atoms with E-state index in [9.17, 15) is 0 Å². The summed E-state index contributed by atoms with van der Waals surface area (Å²) in [7, 11) is 1.77. The molecule has 0 spiro atoms. The summed E-state index contributed by atoms with van der Waals surface area (Å²) in [5, 5.41) is 11.5. The number of rotatable bonds is 7. The van der Waals surface area contributed by atoms with E-state index >= 15 is 0 Å². The van der Waals surface area contributed by atoms with Crippen molar-refractivity contribution in [3.63, 3.8) is 0 Å². The molecule has 3 rings (SSSR count). The Bertz CT molecular complexity index is 607. The van der Waals surface area contributed by atoms with Crippen LogP contribution in [0.2, 0.25) is 0 Å². The highest BCUT2D eigenvalue weighted by molar-refractivity contribution is 5.80. The Morgan fingerprint density at radius 3 is 2.81 bits per heavy atom. The summed E-state index contributed by atoms with van der Waals surface area (Å²) in [6.07, 6.45) is 4.61. The van der Waals surface area contributed by atoms with Gasteiger partial charge in [0, 0.05) is 33.3 Å². The molecule has 2 aliphatic rings. The normalized spacial score (nSPS) is 21.9. The van der Waals surface area contributed by atoms with Gasteiger partial charge in [-0.1, -0.05) is 0 Å². The van der Waals surface area contributed by atoms with Crippen molar-refractivity contribution in [2.75, 3.05) is 46.4 Å². The fraction of sp³-hybridized carbons (Fsp3) is 0.842. The van der Waals surface area contributed by atoms with Gasteiger partial charge in [-0.05, 0) is 58.5 Å². The molecule has 2 aliphatic heterocycles. The Hall–Kier alpha value is -1.67. The molecule has 0 radical (unpaired) electrons. The van der Waals surface area contributed by atoms with E-state index in [4.69, 9.17) is 9.73 Å². The van der Waals surface area contributed by atoms with Gasteiger partial charge in [-0.15, -0.1) is 0 Å². The number of aromatic nitrogens is 3. The number of ether oxygens (including phenoxy) is 1. The molecular weight excluding hydrogens is 342 g/mol. The number of likely N-dealkylation sites (tertiary alicyclic amines) is 1. The van der Waals surface area contributed by atoms with Crippen molar-refractivity contribution in [2.45, 2.75) is 52.1 Å². The van der Waals surface area contributed by atoms with Crippen LogP contribution >= 0.6 is 0 Å². The summed E-state index contributed by atoms with van der Waals surface area (Å²) in [6, 6.07) is 0.189. The van der Waals surface area contributed by atoms with Gasteiger partial charge >= 0.3 is 0 Å². The van der Waals surface area contributed by atoms with Crippen molar-refractivity contribution >= 4 is 5.96 Å². The van der Waals surface area contributed by atoms with Crippen molar-refractivity contribution < 1.29 is 4.74 Å². The Morgan fingerprint density at radius 1 is 1.26 bits per heavy atom. The Labute approximate surface area is 162 Å². The largest absolute Gasteiger partial charge is 0.383 e. The van der Waals surface area contributed by atoms with E-state index in [-0.39, 0.29) is 6.04 Å². The molecule has 2 N–H and O–H groups in total. The van der Waals surface area contributed by atoms with Gasteiger partial charge in [0.25, 0.3) is 0 Å². The Balaban J connectivity index is 1.53. The molecule has 1 aromatic heterocycles. The molecular formula is C19H35N7O. The summed E-state index contributed by atoms with van der Waals surface area (Å²) < 4.78 is 7.22. The second kappa shape index (κ2) is 10.0. The smallest absolute Gasteiger partial charge is 0.191 e. The minimum absolute atomic E-state index is 0.189. The van der Waals surface area contributed by atoms with Gasteiger partial charge in [0.2, 0.25) is 0 Å². The van der Waals surface area contributed by atoms with Gasteiger partial charge in [-0.3, -0.25) is 4.99 Å². The third kappa shape index (κ3) is 5.65. The number of aliphatic imine (C=N–C) groups is 1. The zero-order valence-electron chi connectivity index (χ0n) is 17.1. The van der Waals surface area contributed by atoms with Gasteiger partial charge in [0.05, 0.1) is 12.6 Å². The standard InChI is InChI=1S/C19H35N7O/c1-4-20-19(21-14-16-7-10-25(11-8-16)12-13-27-3)23-17-6-5-9-26-18(17)22-15(2)24-26/h16-17H,4-14H2,1-3H3,(H2,20,21,23). The van der Waals surface area contributed by atoms with E-state index in [0.29, 0.717) is 5.92 Å². The lowest BCUT2D eigenvalue weighted by molar-refractivity contribution is 0.121. The third-order valence-corrected chi connectivity index (χ3v) is 5.46. The summed E-state index contributed by atoms with van der Waals surface area (Å²) in [6.45, 7) is 10.9. The predicted octanol–water partition coefficient (Wildman–Crippen LogP) is 1.33. The number of nitrogens with one attached hydrogen (secondary N) is 2. The van der Waals surface area contributed by atoms with E-state index < -0.39 is 0 Å². The van der Waals surface area contributed by atoms with Crippen LogP contribution in [-0.2, 0) is 11.3 Å². The molecule has 1 aromatic rings. The first-order valence-electron chi connectivity index (χ1n) is 10.4. The topological polar surface area (TPSA) is 79.6 Å². The summed E-state index contributed by atoms with van der Waals surface area (Å²) in [5.74, 6) is 3.45. The van der Waals surface area contributed by atoms with E-state index in [1.165, 1.54) is 12.8 Å². The molecule has 3 heterocycles. The summed E-state index contributed by atoms with van der Waals surface area (Å²) in [5.41, 5.74) is 0. The lowest BCUT2D eigenvalue weighted by Gasteiger charge is -2.31. The van der Waals surface area contributed by atoms with E-state index in [0.717, 1.165) is 76.3 Å². The molecule has 0 bridgehead atoms. The minimum Gasteiger partial charge on any atom is -0.383 e. The lowest BCUT2D eigenvalue weighted by Crippen LogP contribution is -2.42. The third-order valence-electron chi connectivity index (χ3n) is 5.46. The molecule has 152 valence electrons. The fourth-order valence-corrected chi connectivity index (χ4v) is 3.92. The van der Waals surface area contributed by atoms with Gasteiger partial charge in [0.1, 0.15) is 11.6 Å². The minimum atomic E-state index is 0.189. The summed E-state index contributed by atoms with van der Waals surface area (Å²) >= 11 is 0. The number of piperidine rings is 1. The number of fused-ring (bicyclic) bond motifs is 1. The van der Waals surface area contributed by atoms with Crippen LogP contribution in [0, 0.1) is 12.8 Å². The molecule has 0 saturated carbocycles. The first kappa shape index (κ1) is 20.1. The van der Waals surface area contributed by atoms with Crippen molar-refractivity contribution in [2.24, 2.45) is 10.9 Å². The number of hydrogen-bond donors (Lipinski definition) is 2. The van der Waals surface area contributed by atoms with Crippen LogP contribution in [0.25, 0.3) is 0 Å². The Kier molecular flexibility index (Phi) is 7.46. The van der Waals surface area contributed by atoms with Crippen molar-refractivity contribution in [3.8, 4) is 0 Å². The van der Waals surface area contributed by atoms with Crippen LogP contribution in [0.5, 0.6) is 0 Å². The average molecular weight is 378 g/mol. The maximum atomic E-state index is 5.18. The second-order valence-electron chi connectivity index (χ2n) is 7.58. The zero-order valence-corrected chi connectivity index (χ0v) is 17.1. The van der Waals surface area contributed by atoms with Crippen LogP contribution in [0.3, 0.4) is 0 Å². The second-order valence-corrected chi connectivity index (χ2v) is 7.58. The van der Waals surface area contributed by atoms with Crippen LogP contribution < -0.4 is 10.6 Å². The quantitative estimate of drug-likeness (QED) is 0.551. The molecule has 27 heavy (non-hydrogen) atoms. The molecule has 8 heteroatoms. The zero-order chi connectivity index (χ0) is 19.1. The van der Waals surface area contributed by atoms with Crippen LogP contribution in [0.15, 0.2) is 4.99 Å². The highest BCUT2D eigenvalue weighted by atomic mass is 16.5. The Morgan fingerprint density at radius 2 is 2.07 bits per heavy atom.